The summed E-state index contributed by atoms with van der Waals surface area (Å²) in [6.45, 7) is 6.34. The van der Waals surface area contributed by atoms with Crippen LogP contribution in [0.4, 0.5) is 4.39 Å². The van der Waals surface area contributed by atoms with Crippen LogP contribution in [0.3, 0.4) is 0 Å². The second-order valence-electron chi connectivity index (χ2n) is 8.52. The third-order valence-electron chi connectivity index (χ3n) is 6.29. The van der Waals surface area contributed by atoms with Crippen molar-refractivity contribution in [2.45, 2.75) is 32.5 Å². The zero-order valence-electron chi connectivity index (χ0n) is 18.3. The molecule has 1 aromatic heterocycles. The topological polar surface area (TPSA) is 56.6 Å². The van der Waals surface area contributed by atoms with E-state index in [-0.39, 0.29) is 11.7 Å². The molecule has 1 spiro atoms. The van der Waals surface area contributed by atoms with Crippen molar-refractivity contribution in [2.75, 3.05) is 26.3 Å². The molecule has 5 rings (SSSR count). The maximum absolute atomic E-state index is 13.6. The maximum atomic E-state index is 13.6. The highest BCUT2D eigenvalue weighted by molar-refractivity contribution is 5.94. The summed E-state index contributed by atoms with van der Waals surface area (Å²) in [6, 6.07) is 14.0. The number of likely N-dealkylation sites (tertiary alicyclic amines) is 1. The van der Waals surface area contributed by atoms with E-state index in [2.05, 4.69) is 0 Å². The molecule has 166 valence electrons. The Balaban J connectivity index is 1.52. The summed E-state index contributed by atoms with van der Waals surface area (Å²) < 4.78 is 26.8. The normalized spacial score (nSPS) is 17.8. The van der Waals surface area contributed by atoms with Gasteiger partial charge in [-0.05, 0) is 61.4 Å². The zero-order chi connectivity index (χ0) is 22.3. The van der Waals surface area contributed by atoms with E-state index in [9.17, 15) is 9.18 Å². The van der Waals surface area contributed by atoms with Gasteiger partial charge in [0.15, 0.2) is 5.79 Å². The van der Waals surface area contributed by atoms with E-state index >= 15 is 0 Å². The van der Waals surface area contributed by atoms with E-state index in [1.165, 1.54) is 12.1 Å². The predicted octanol–water partition coefficient (Wildman–Crippen LogP) is 4.27. The van der Waals surface area contributed by atoms with Crippen molar-refractivity contribution >= 4 is 5.91 Å². The number of hydrogen-bond acceptors (Lipinski definition) is 4. The Labute approximate surface area is 186 Å². The van der Waals surface area contributed by atoms with Crippen LogP contribution in [0.15, 0.2) is 48.5 Å². The number of rotatable bonds is 3. The van der Waals surface area contributed by atoms with E-state index in [1.54, 1.807) is 22.9 Å². The van der Waals surface area contributed by atoms with E-state index in [0.29, 0.717) is 50.5 Å². The monoisotopic (exact) mass is 435 g/mol. The van der Waals surface area contributed by atoms with Crippen molar-refractivity contribution < 1.29 is 18.7 Å². The standard InChI is InChI=1S/C25H26FN3O3/c1-17-3-4-18(2)22(15-17)29-23(16-21(27-29)19-5-7-20(26)8-6-19)24(30)28-11-9-25(10-12-28)31-13-14-32-25/h3-8,15-16H,9-14H2,1-2H3. The number of ether oxygens (including phenoxy) is 2. The molecule has 2 saturated heterocycles. The number of piperidine rings is 1. The van der Waals surface area contributed by atoms with Gasteiger partial charge in [0.1, 0.15) is 11.5 Å². The highest BCUT2D eigenvalue weighted by atomic mass is 19.1. The fourth-order valence-electron chi connectivity index (χ4n) is 4.42. The van der Waals surface area contributed by atoms with Gasteiger partial charge in [-0.25, -0.2) is 9.07 Å². The lowest BCUT2D eigenvalue weighted by Gasteiger charge is -2.37. The second-order valence-corrected chi connectivity index (χ2v) is 8.52. The first-order chi connectivity index (χ1) is 15.4. The smallest absolute Gasteiger partial charge is 0.272 e. The van der Waals surface area contributed by atoms with E-state index in [4.69, 9.17) is 14.6 Å². The third-order valence-corrected chi connectivity index (χ3v) is 6.29. The average molecular weight is 435 g/mol. The van der Waals surface area contributed by atoms with Crippen LogP contribution in [0.5, 0.6) is 0 Å². The van der Waals surface area contributed by atoms with Crippen molar-refractivity contribution in [1.82, 2.24) is 14.7 Å². The summed E-state index contributed by atoms with van der Waals surface area (Å²) >= 11 is 0. The SMILES string of the molecule is Cc1ccc(C)c(-n2nc(-c3ccc(F)cc3)cc2C(=O)N2CCC3(CC2)OCCO3)c1. The molecule has 1 amide bonds. The molecule has 0 aliphatic carbocycles. The summed E-state index contributed by atoms with van der Waals surface area (Å²) in [7, 11) is 0. The van der Waals surface area contributed by atoms with Crippen LogP contribution in [-0.2, 0) is 9.47 Å². The molecule has 32 heavy (non-hydrogen) atoms. The van der Waals surface area contributed by atoms with Gasteiger partial charge >= 0.3 is 0 Å². The van der Waals surface area contributed by atoms with E-state index in [0.717, 1.165) is 22.4 Å². The van der Waals surface area contributed by atoms with Crippen LogP contribution >= 0.6 is 0 Å². The van der Waals surface area contributed by atoms with Gasteiger partial charge in [0, 0.05) is 31.5 Å². The highest BCUT2D eigenvalue weighted by Crippen LogP contribution is 2.32. The summed E-state index contributed by atoms with van der Waals surface area (Å²) in [6.07, 6.45) is 1.31. The largest absolute Gasteiger partial charge is 0.347 e. The number of aryl methyl sites for hydroxylation is 2. The molecule has 7 heteroatoms. The summed E-state index contributed by atoms with van der Waals surface area (Å²) in [5.41, 5.74) is 4.84. The zero-order valence-corrected chi connectivity index (χ0v) is 18.3. The molecule has 2 aliphatic heterocycles. The number of carbonyl (C=O) groups excluding carboxylic acids is 1. The molecule has 2 aromatic carbocycles. The molecule has 0 unspecified atom stereocenters. The summed E-state index contributed by atoms with van der Waals surface area (Å²) in [4.78, 5) is 15.5. The second kappa shape index (κ2) is 8.15. The Morgan fingerprint density at radius 2 is 1.69 bits per heavy atom. The third kappa shape index (κ3) is 3.82. The first kappa shape index (κ1) is 20.8. The minimum atomic E-state index is -0.538. The van der Waals surface area contributed by atoms with Gasteiger partial charge in [0.05, 0.1) is 24.6 Å². The molecule has 0 saturated carbocycles. The quantitative estimate of drug-likeness (QED) is 0.616. The van der Waals surface area contributed by atoms with Gasteiger partial charge in [0.2, 0.25) is 0 Å². The minimum Gasteiger partial charge on any atom is -0.347 e. The van der Waals surface area contributed by atoms with Crippen molar-refractivity contribution in [3.63, 3.8) is 0 Å². The lowest BCUT2D eigenvalue weighted by Crippen LogP contribution is -2.47. The van der Waals surface area contributed by atoms with Crippen LogP contribution < -0.4 is 0 Å². The van der Waals surface area contributed by atoms with E-state index in [1.807, 2.05) is 36.9 Å². The average Bonchev–Trinajstić information content (AvgIpc) is 3.44. The highest BCUT2D eigenvalue weighted by Gasteiger charge is 2.41. The Bertz CT molecular complexity index is 1140. The Hall–Kier alpha value is -3.03. The lowest BCUT2D eigenvalue weighted by molar-refractivity contribution is -0.181. The lowest BCUT2D eigenvalue weighted by atomic mass is 10.0. The van der Waals surface area contributed by atoms with Gasteiger partial charge in [-0.2, -0.15) is 5.10 Å². The number of carbonyl (C=O) groups is 1. The van der Waals surface area contributed by atoms with Crippen molar-refractivity contribution in [2.24, 2.45) is 0 Å². The molecule has 6 nitrogen and oxygen atoms in total. The molecular weight excluding hydrogens is 409 g/mol. The molecule has 0 N–H and O–H groups in total. The molecular formula is C25H26FN3O3. The summed E-state index contributed by atoms with van der Waals surface area (Å²) in [5.74, 6) is -0.930. The fourth-order valence-corrected chi connectivity index (χ4v) is 4.42. The first-order valence-electron chi connectivity index (χ1n) is 10.9. The molecule has 0 atom stereocenters. The van der Waals surface area contributed by atoms with Crippen LogP contribution in [0, 0.1) is 19.7 Å². The Kier molecular flexibility index (Phi) is 5.31. The predicted molar refractivity (Wildman–Crippen MR) is 118 cm³/mol. The van der Waals surface area contributed by atoms with Crippen LogP contribution in [0.1, 0.15) is 34.5 Å². The first-order valence-corrected chi connectivity index (χ1v) is 10.9. The molecule has 3 heterocycles. The maximum Gasteiger partial charge on any atom is 0.272 e. The molecule has 3 aromatic rings. The number of benzene rings is 2. The van der Waals surface area contributed by atoms with Gasteiger partial charge in [-0.15, -0.1) is 0 Å². The number of hydrogen-bond donors (Lipinski definition) is 0. The minimum absolute atomic E-state index is 0.0837. The number of halogens is 1. The Morgan fingerprint density at radius 1 is 1.00 bits per heavy atom. The summed E-state index contributed by atoms with van der Waals surface area (Å²) in [5, 5.41) is 4.77. The number of aromatic nitrogens is 2. The Morgan fingerprint density at radius 3 is 2.38 bits per heavy atom. The molecule has 2 aliphatic rings. The van der Waals surface area contributed by atoms with Crippen LogP contribution in [-0.4, -0.2) is 52.7 Å². The molecule has 0 bridgehead atoms. The van der Waals surface area contributed by atoms with Gasteiger partial charge in [-0.3, -0.25) is 4.79 Å². The number of amides is 1. The van der Waals surface area contributed by atoms with Crippen molar-refractivity contribution in [3.8, 4) is 16.9 Å². The van der Waals surface area contributed by atoms with Gasteiger partial charge in [-0.1, -0.05) is 12.1 Å². The van der Waals surface area contributed by atoms with Gasteiger partial charge < -0.3 is 14.4 Å². The van der Waals surface area contributed by atoms with E-state index < -0.39 is 5.79 Å². The van der Waals surface area contributed by atoms with Crippen molar-refractivity contribution in [3.05, 3.63) is 71.2 Å². The molecule has 2 fully saturated rings. The van der Waals surface area contributed by atoms with Crippen molar-refractivity contribution in [1.29, 1.82) is 0 Å². The van der Waals surface area contributed by atoms with Crippen LogP contribution in [0.2, 0.25) is 0 Å². The number of nitrogens with zero attached hydrogens (tertiary/aromatic N) is 3. The fraction of sp³-hybridized carbons (Fsp3) is 0.360. The van der Waals surface area contributed by atoms with Crippen LogP contribution in [0.25, 0.3) is 16.9 Å². The van der Waals surface area contributed by atoms with Gasteiger partial charge in [0.25, 0.3) is 5.91 Å². The molecule has 0 radical (unpaired) electrons.